The molecule has 0 spiro atoms. The Labute approximate surface area is 92.6 Å². The highest BCUT2D eigenvalue weighted by Gasteiger charge is 2.05. The van der Waals surface area contributed by atoms with E-state index < -0.39 is 0 Å². The third-order valence-electron chi connectivity index (χ3n) is 2.34. The molecule has 15 heavy (non-hydrogen) atoms. The van der Waals surface area contributed by atoms with Crippen LogP contribution in [0, 0.1) is 0 Å². The fourth-order valence-corrected chi connectivity index (χ4v) is 1.19. The van der Waals surface area contributed by atoms with Gasteiger partial charge in [0.05, 0.1) is 6.10 Å². The van der Waals surface area contributed by atoms with Crippen LogP contribution in [-0.4, -0.2) is 31.7 Å². The second-order valence-corrected chi connectivity index (χ2v) is 4.05. The minimum Gasteiger partial charge on any atom is -0.382 e. The van der Waals surface area contributed by atoms with Gasteiger partial charge >= 0.3 is 0 Å². The number of amides is 1. The van der Waals surface area contributed by atoms with Crippen molar-refractivity contribution in [2.75, 3.05) is 13.7 Å². The van der Waals surface area contributed by atoms with Crippen molar-refractivity contribution >= 4 is 5.91 Å². The summed E-state index contributed by atoms with van der Waals surface area (Å²) in [6.45, 7) is 4.66. The van der Waals surface area contributed by atoms with Crippen LogP contribution in [0.4, 0.5) is 0 Å². The average molecular weight is 216 g/mol. The van der Waals surface area contributed by atoms with E-state index in [2.05, 4.69) is 5.32 Å². The van der Waals surface area contributed by atoms with E-state index in [-0.39, 0.29) is 18.1 Å². The van der Waals surface area contributed by atoms with Gasteiger partial charge in [-0.2, -0.15) is 0 Å². The van der Waals surface area contributed by atoms with Crippen molar-refractivity contribution in [1.82, 2.24) is 5.32 Å². The highest BCUT2D eigenvalue weighted by Crippen LogP contribution is 1.99. The van der Waals surface area contributed by atoms with Crippen LogP contribution in [0.15, 0.2) is 0 Å². The van der Waals surface area contributed by atoms with Crippen molar-refractivity contribution in [3.05, 3.63) is 0 Å². The second kappa shape index (κ2) is 8.68. The molecule has 0 aromatic rings. The van der Waals surface area contributed by atoms with Gasteiger partial charge in [-0.15, -0.1) is 0 Å². The molecule has 0 aliphatic heterocycles. The zero-order valence-corrected chi connectivity index (χ0v) is 10.1. The van der Waals surface area contributed by atoms with E-state index in [4.69, 9.17) is 10.5 Å². The Kier molecular flexibility index (Phi) is 8.33. The smallest absolute Gasteiger partial charge is 0.220 e. The molecule has 0 aliphatic carbocycles. The summed E-state index contributed by atoms with van der Waals surface area (Å²) in [5.74, 6) is 0.101. The lowest BCUT2D eigenvalue weighted by Crippen LogP contribution is -2.26. The molecular formula is C11H24N2O2. The van der Waals surface area contributed by atoms with Gasteiger partial charge in [-0.25, -0.2) is 0 Å². The lowest BCUT2D eigenvalue weighted by molar-refractivity contribution is -0.121. The molecule has 0 rings (SSSR count). The van der Waals surface area contributed by atoms with Gasteiger partial charge in [-0.1, -0.05) is 0 Å². The Bertz CT molecular complexity index is 172. The van der Waals surface area contributed by atoms with Crippen molar-refractivity contribution < 1.29 is 9.53 Å². The Morgan fingerprint density at radius 2 is 2.07 bits per heavy atom. The average Bonchev–Trinajstić information content (AvgIpc) is 2.20. The van der Waals surface area contributed by atoms with Crippen LogP contribution in [0.25, 0.3) is 0 Å². The summed E-state index contributed by atoms with van der Waals surface area (Å²) in [7, 11) is 1.66. The maximum absolute atomic E-state index is 11.3. The number of methoxy groups -OCH3 is 1. The Hall–Kier alpha value is -0.610. The summed E-state index contributed by atoms with van der Waals surface area (Å²) in [6, 6.07) is 0.218. The molecule has 0 aromatic heterocycles. The number of carbonyl (C=O) groups is 1. The molecule has 0 aliphatic rings. The zero-order chi connectivity index (χ0) is 11.7. The summed E-state index contributed by atoms with van der Waals surface area (Å²) >= 11 is 0. The van der Waals surface area contributed by atoms with Gasteiger partial charge < -0.3 is 15.8 Å². The first kappa shape index (κ1) is 14.4. The van der Waals surface area contributed by atoms with Crippen LogP contribution in [-0.2, 0) is 9.53 Å². The van der Waals surface area contributed by atoms with Crippen LogP contribution >= 0.6 is 0 Å². The van der Waals surface area contributed by atoms with Crippen molar-refractivity contribution in [2.45, 2.75) is 51.7 Å². The molecular weight excluding hydrogens is 192 g/mol. The quantitative estimate of drug-likeness (QED) is 0.596. The van der Waals surface area contributed by atoms with E-state index in [9.17, 15) is 4.79 Å². The van der Waals surface area contributed by atoms with E-state index >= 15 is 0 Å². The Morgan fingerprint density at radius 1 is 1.40 bits per heavy atom. The fraction of sp³-hybridized carbons (Fsp3) is 0.909. The van der Waals surface area contributed by atoms with Crippen LogP contribution in [0.1, 0.15) is 39.5 Å². The first-order valence-electron chi connectivity index (χ1n) is 5.61. The molecule has 0 saturated carbocycles. The standard InChI is InChI=1S/C11H24N2O2/c1-9(12)5-4-8-13-11(14)7-6-10(2)15-3/h9-10H,4-8,12H2,1-3H3,(H,13,14). The molecule has 0 aromatic carbocycles. The van der Waals surface area contributed by atoms with Crippen LogP contribution in [0.3, 0.4) is 0 Å². The Balaban J connectivity index is 3.34. The second-order valence-electron chi connectivity index (χ2n) is 4.05. The minimum atomic E-state index is 0.101. The highest BCUT2D eigenvalue weighted by atomic mass is 16.5. The number of nitrogens with two attached hydrogens (primary N) is 1. The molecule has 2 unspecified atom stereocenters. The number of hydrogen-bond donors (Lipinski definition) is 2. The van der Waals surface area contributed by atoms with E-state index in [1.807, 2.05) is 13.8 Å². The molecule has 0 radical (unpaired) electrons. The zero-order valence-electron chi connectivity index (χ0n) is 10.1. The van der Waals surface area contributed by atoms with E-state index in [1.165, 1.54) is 0 Å². The minimum absolute atomic E-state index is 0.101. The molecule has 90 valence electrons. The van der Waals surface area contributed by atoms with Gasteiger partial charge in [-0.3, -0.25) is 4.79 Å². The maximum atomic E-state index is 11.3. The van der Waals surface area contributed by atoms with E-state index in [0.29, 0.717) is 6.42 Å². The fourth-order valence-electron chi connectivity index (χ4n) is 1.19. The van der Waals surface area contributed by atoms with Gasteiger partial charge in [0.15, 0.2) is 0 Å². The monoisotopic (exact) mass is 216 g/mol. The molecule has 4 heteroatoms. The molecule has 4 nitrogen and oxygen atoms in total. The summed E-state index contributed by atoms with van der Waals surface area (Å²) < 4.78 is 5.06. The topological polar surface area (TPSA) is 64.3 Å². The number of carbonyl (C=O) groups excluding carboxylic acids is 1. The lowest BCUT2D eigenvalue weighted by Gasteiger charge is -2.09. The van der Waals surface area contributed by atoms with Crippen LogP contribution < -0.4 is 11.1 Å². The largest absolute Gasteiger partial charge is 0.382 e. The van der Waals surface area contributed by atoms with Crippen molar-refractivity contribution in [2.24, 2.45) is 5.73 Å². The van der Waals surface area contributed by atoms with Gasteiger partial charge in [-0.05, 0) is 33.1 Å². The van der Waals surface area contributed by atoms with Crippen molar-refractivity contribution in [3.8, 4) is 0 Å². The molecule has 0 heterocycles. The number of rotatable bonds is 8. The molecule has 3 N–H and O–H groups in total. The first-order chi connectivity index (χ1) is 7.06. The molecule has 0 fully saturated rings. The SMILES string of the molecule is COC(C)CCC(=O)NCCCC(C)N. The van der Waals surface area contributed by atoms with Gasteiger partial charge in [0.1, 0.15) is 0 Å². The maximum Gasteiger partial charge on any atom is 0.220 e. The van der Waals surface area contributed by atoms with Crippen LogP contribution in [0.2, 0.25) is 0 Å². The lowest BCUT2D eigenvalue weighted by atomic mass is 10.2. The molecule has 1 amide bonds. The molecule has 0 bridgehead atoms. The van der Waals surface area contributed by atoms with Crippen LogP contribution in [0.5, 0.6) is 0 Å². The Morgan fingerprint density at radius 3 is 2.60 bits per heavy atom. The summed E-state index contributed by atoms with van der Waals surface area (Å²) in [5, 5.41) is 2.87. The number of hydrogen-bond acceptors (Lipinski definition) is 3. The van der Waals surface area contributed by atoms with Crippen molar-refractivity contribution in [1.29, 1.82) is 0 Å². The molecule has 2 atom stereocenters. The van der Waals surface area contributed by atoms with Gasteiger partial charge in [0, 0.05) is 26.1 Å². The van der Waals surface area contributed by atoms with E-state index in [1.54, 1.807) is 7.11 Å². The van der Waals surface area contributed by atoms with Gasteiger partial charge in [0.25, 0.3) is 0 Å². The number of nitrogens with one attached hydrogen (secondary N) is 1. The predicted molar refractivity (Wildman–Crippen MR) is 61.6 cm³/mol. The van der Waals surface area contributed by atoms with E-state index in [0.717, 1.165) is 25.8 Å². The summed E-state index contributed by atoms with van der Waals surface area (Å²) in [5.41, 5.74) is 5.60. The predicted octanol–water partition coefficient (Wildman–Crippen LogP) is 1.05. The number of ether oxygens (including phenoxy) is 1. The van der Waals surface area contributed by atoms with Crippen molar-refractivity contribution in [3.63, 3.8) is 0 Å². The highest BCUT2D eigenvalue weighted by molar-refractivity contribution is 5.75. The molecule has 0 saturated heterocycles. The summed E-state index contributed by atoms with van der Waals surface area (Å²) in [6.07, 6.45) is 3.36. The normalized spacial score (nSPS) is 14.7. The summed E-state index contributed by atoms with van der Waals surface area (Å²) in [4.78, 5) is 11.3. The first-order valence-corrected chi connectivity index (χ1v) is 5.61. The van der Waals surface area contributed by atoms with Gasteiger partial charge in [0.2, 0.25) is 5.91 Å². The third-order valence-corrected chi connectivity index (χ3v) is 2.34. The third kappa shape index (κ3) is 9.69.